The number of rotatable bonds is 3. The third-order valence-corrected chi connectivity index (χ3v) is 4.31. The van der Waals surface area contributed by atoms with Gasteiger partial charge in [-0.3, -0.25) is 9.59 Å². The third kappa shape index (κ3) is 3.23. The van der Waals surface area contributed by atoms with Crippen molar-refractivity contribution in [2.75, 3.05) is 18.5 Å². The van der Waals surface area contributed by atoms with E-state index in [0.29, 0.717) is 46.3 Å². The van der Waals surface area contributed by atoms with Crippen LogP contribution in [0.3, 0.4) is 0 Å². The Morgan fingerprint density at radius 2 is 1.88 bits per heavy atom. The van der Waals surface area contributed by atoms with E-state index in [4.69, 9.17) is 21.1 Å². The summed E-state index contributed by atoms with van der Waals surface area (Å²) in [6, 6.07) is 11.7. The average Bonchev–Trinajstić information content (AvgIpc) is 2.64. The minimum Gasteiger partial charge on any atom is -0.486 e. The molecular formula is C19H15ClN2O4. The number of amides is 1. The maximum atomic E-state index is 12.4. The highest BCUT2D eigenvalue weighted by molar-refractivity contribution is 6.31. The fourth-order valence-electron chi connectivity index (χ4n) is 2.90. The fourth-order valence-corrected chi connectivity index (χ4v) is 3.07. The smallest absolute Gasteiger partial charge is 0.244 e. The Hall–Kier alpha value is -2.99. The van der Waals surface area contributed by atoms with Crippen LogP contribution < -0.4 is 20.2 Å². The maximum absolute atomic E-state index is 12.4. The van der Waals surface area contributed by atoms with Crippen molar-refractivity contribution in [3.63, 3.8) is 0 Å². The number of carbonyl (C=O) groups is 1. The van der Waals surface area contributed by atoms with Gasteiger partial charge in [0.2, 0.25) is 5.91 Å². The summed E-state index contributed by atoms with van der Waals surface area (Å²) in [6.45, 7) is 1.06. The van der Waals surface area contributed by atoms with Crippen molar-refractivity contribution in [1.82, 2.24) is 4.57 Å². The monoisotopic (exact) mass is 370 g/mol. The number of pyridine rings is 1. The number of carbonyl (C=O) groups excluding carboxylic acids is 1. The SMILES string of the molecule is O=C(Cn1ccc(=O)c2cc(Cl)ccc21)Nc1ccc2c(c1)OCCO2. The molecule has 0 atom stereocenters. The molecule has 0 saturated carbocycles. The number of hydrogen-bond acceptors (Lipinski definition) is 4. The van der Waals surface area contributed by atoms with Crippen molar-refractivity contribution in [3.8, 4) is 11.5 Å². The van der Waals surface area contributed by atoms with Gasteiger partial charge in [-0.2, -0.15) is 0 Å². The van der Waals surface area contributed by atoms with E-state index >= 15 is 0 Å². The molecule has 1 aliphatic rings. The van der Waals surface area contributed by atoms with Crippen LogP contribution in [0, 0.1) is 0 Å². The molecule has 0 bridgehead atoms. The van der Waals surface area contributed by atoms with Gasteiger partial charge in [-0.15, -0.1) is 0 Å². The summed E-state index contributed by atoms with van der Waals surface area (Å²) in [5.74, 6) is 1.05. The summed E-state index contributed by atoms with van der Waals surface area (Å²) >= 11 is 5.96. The van der Waals surface area contributed by atoms with Gasteiger partial charge >= 0.3 is 0 Å². The number of fused-ring (bicyclic) bond motifs is 2. The summed E-state index contributed by atoms with van der Waals surface area (Å²) in [6.07, 6.45) is 1.60. The topological polar surface area (TPSA) is 69.6 Å². The number of hydrogen-bond donors (Lipinski definition) is 1. The predicted molar refractivity (Wildman–Crippen MR) is 99.3 cm³/mol. The molecule has 4 rings (SSSR count). The zero-order valence-corrected chi connectivity index (χ0v) is 14.5. The molecule has 2 heterocycles. The molecular weight excluding hydrogens is 356 g/mol. The Labute approximate surface area is 153 Å². The standard InChI is InChI=1S/C19H15ClN2O4/c20-12-1-3-15-14(9-12)16(23)5-6-22(15)11-19(24)21-13-2-4-17-18(10-13)26-8-7-25-17/h1-6,9-10H,7-8,11H2,(H,21,24). The zero-order chi connectivity index (χ0) is 18.1. The van der Waals surface area contributed by atoms with Crippen LogP contribution in [0.1, 0.15) is 0 Å². The number of halogens is 1. The highest BCUT2D eigenvalue weighted by Crippen LogP contribution is 2.32. The molecule has 3 aromatic rings. The van der Waals surface area contributed by atoms with Crippen molar-refractivity contribution in [1.29, 1.82) is 0 Å². The second-order valence-corrected chi connectivity index (χ2v) is 6.31. The molecule has 0 radical (unpaired) electrons. The molecule has 1 N–H and O–H groups in total. The largest absolute Gasteiger partial charge is 0.486 e. The van der Waals surface area contributed by atoms with Crippen LogP contribution >= 0.6 is 11.6 Å². The molecule has 1 aliphatic heterocycles. The Morgan fingerprint density at radius 1 is 1.08 bits per heavy atom. The number of ether oxygens (including phenoxy) is 2. The second kappa shape index (κ2) is 6.72. The number of anilines is 1. The van der Waals surface area contributed by atoms with Crippen LogP contribution in [0.5, 0.6) is 11.5 Å². The Kier molecular flexibility index (Phi) is 4.26. The summed E-state index contributed by atoms with van der Waals surface area (Å²) in [4.78, 5) is 24.4. The summed E-state index contributed by atoms with van der Waals surface area (Å²) in [7, 11) is 0. The van der Waals surface area contributed by atoms with Gasteiger partial charge < -0.3 is 19.4 Å². The molecule has 6 nitrogen and oxygen atoms in total. The lowest BCUT2D eigenvalue weighted by molar-refractivity contribution is -0.116. The molecule has 2 aromatic carbocycles. The molecule has 1 aromatic heterocycles. The first-order valence-corrected chi connectivity index (χ1v) is 8.46. The van der Waals surface area contributed by atoms with Crippen LogP contribution in [0.4, 0.5) is 5.69 Å². The van der Waals surface area contributed by atoms with Gasteiger partial charge in [0.15, 0.2) is 16.9 Å². The van der Waals surface area contributed by atoms with E-state index in [9.17, 15) is 9.59 Å². The molecule has 0 unspecified atom stereocenters. The lowest BCUT2D eigenvalue weighted by Crippen LogP contribution is -2.21. The number of nitrogens with zero attached hydrogens (tertiary/aromatic N) is 1. The van der Waals surface area contributed by atoms with Gasteiger partial charge in [0, 0.05) is 34.4 Å². The zero-order valence-electron chi connectivity index (χ0n) is 13.7. The van der Waals surface area contributed by atoms with Crippen LogP contribution in [0.25, 0.3) is 10.9 Å². The minimum absolute atomic E-state index is 0.0624. The molecule has 132 valence electrons. The fraction of sp³-hybridized carbons (Fsp3) is 0.158. The maximum Gasteiger partial charge on any atom is 0.244 e. The number of aromatic nitrogens is 1. The normalized spacial score (nSPS) is 12.8. The highest BCUT2D eigenvalue weighted by atomic mass is 35.5. The van der Waals surface area contributed by atoms with Crippen molar-refractivity contribution < 1.29 is 14.3 Å². The highest BCUT2D eigenvalue weighted by Gasteiger charge is 2.13. The Bertz CT molecular complexity index is 1060. The number of nitrogens with one attached hydrogen (secondary N) is 1. The van der Waals surface area contributed by atoms with Crippen molar-refractivity contribution in [2.45, 2.75) is 6.54 Å². The van der Waals surface area contributed by atoms with Crippen LogP contribution in [0.15, 0.2) is 53.5 Å². The molecule has 26 heavy (non-hydrogen) atoms. The first-order chi connectivity index (χ1) is 12.6. The molecule has 1 amide bonds. The van der Waals surface area contributed by atoms with Gasteiger partial charge in [0.05, 0.1) is 5.52 Å². The van der Waals surface area contributed by atoms with Crippen molar-refractivity contribution in [3.05, 3.63) is 63.9 Å². The lowest BCUT2D eigenvalue weighted by atomic mass is 10.2. The molecule has 0 fully saturated rings. The number of benzene rings is 2. The Balaban J connectivity index is 1.56. The molecule has 0 spiro atoms. The summed E-state index contributed by atoms with van der Waals surface area (Å²) < 4.78 is 12.7. The van der Waals surface area contributed by atoms with Crippen LogP contribution in [-0.4, -0.2) is 23.7 Å². The first-order valence-electron chi connectivity index (χ1n) is 8.08. The van der Waals surface area contributed by atoms with E-state index in [1.165, 1.54) is 6.07 Å². The molecule has 0 saturated heterocycles. The van der Waals surface area contributed by atoms with Crippen molar-refractivity contribution in [2.24, 2.45) is 0 Å². The minimum atomic E-state index is -0.221. The van der Waals surface area contributed by atoms with Crippen LogP contribution in [0.2, 0.25) is 5.02 Å². The van der Waals surface area contributed by atoms with E-state index in [1.807, 2.05) is 0 Å². The van der Waals surface area contributed by atoms with E-state index < -0.39 is 0 Å². The van der Waals surface area contributed by atoms with E-state index in [0.717, 1.165) is 0 Å². The van der Waals surface area contributed by atoms with Crippen molar-refractivity contribution >= 4 is 34.1 Å². The second-order valence-electron chi connectivity index (χ2n) is 5.88. The average molecular weight is 371 g/mol. The van der Waals surface area contributed by atoms with Crippen LogP contribution in [-0.2, 0) is 11.3 Å². The van der Waals surface area contributed by atoms with Gasteiger partial charge in [0.25, 0.3) is 0 Å². The summed E-state index contributed by atoms with van der Waals surface area (Å²) in [5.41, 5.74) is 1.14. The van der Waals surface area contributed by atoms with Gasteiger partial charge in [0.1, 0.15) is 19.8 Å². The molecule has 7 heteroatoms. The third-order valence-electron chi connectivity index (χ3n) is 4.08. The lowest BCUT2D eigenvalue weighted by Gasteiger charge is -2.19. The first kappa shape index (κ1) is 16.5. The summed E-state index contributed by atoms with van der Waals surface area (Å²) in [5, 5.41) is 3.79. The van der Waals surface area contributed by atoms with Gasteiger partial charge in [-0.25, -0.2) is 0 Å². The predicted octanol–water partition coefficient (Wildman–Crippen LogP) is 3.06. The van der Waals surface area contributed by atoms with Gasteiger partial charge in [-0.05, 0) is 30.3 Å². The Morgan fingerprint density at radius 3 is 2.73 bits per heavy atom. The quantitative estimate of drug-likeness (QED) is 0.769. The van der Waals surface area contributed by atoms with E-state index in [2.05, 4.69) is 5.32 Å². The molecule has 0 aliphatic carbocycles. The van der Waals surface area contributed by atoms with E-state index in [-0.39, 0.29) is 17.9 Å². The van der Waals surface area contributed by atoms with E-state index in [1.54, 1.807) is 47.2 Å². The van der Waals surface area contributed by atoms with Gasteiger partial charge in [-0.1, -0.05) is 11.6 Å².